The Kier molecular flexibility index (Phi) is 14.0. The topological polar surface area (TPSA) is 64.6 Å². The van der Waals surface area contributed by atoms with Crippen molar-refractivity contribution in [2.24, 2.45) is 0 Å². The molecule has 11 heteroatoms. The fourth-order valence-electron chi connectivity index (χ4n) is 5.94. The van der Waals surface area contributed by atoms with Gasteiger partial charge in [0, 0.05) is 0 Å². The Balaban J connectivity index is 1.76. The van der Waals surface area contributed by atoms with Crippen molar-refractivity contribution in [3.63, 3.8) is 0 Å². The van der Waals surface area contributed by atoms with Gasteiger partial charge in [0.15, 0.2) is 34.5 Å². The second-order valence-electron chi connectivity index (χ2n) is 10.4. The van der Waals surface area contributed by atoms with E-state index in [-0.39, 0.29) is 5.60 Å². The molecular weight excluding hydrogens is 597 g/mol. The summed E-state index contributed by atoms with van der Waals surface area (Å²) < 4.78 is 40.5. The van der Waals surface area contributed by atoms with Crippen LogP contribution in [-0.4, -0.2) is 87.3 Å². The third-order valence-electron chi connectivity index (χ3n) is 8.12. The number of rotatable bonds is 19. The van der Waals surface area contributed by atoms with E-state index in [4.69, 9.17) is 32.8 Å². The zero-order valence-electron chi connectivity index (χ0n) is 26.4. The first-order valence-electron chi connectivity index (χ1n) is 14.6. The average molecular weight is 645 g/mol. The fraction of sp³-hybridized carbons (Fsp3) is 0.419. The molecule has 0 aliphatic heterocycles. The van der Waals surface area contributed by atoms with Crippen molar-refractivity contribution in [2.75, 3.05) is 42.7 Å². The zero-order valence-corrected chi connectivity index (χ0v) is 32.7. The summed E-state index contributed by atoms with van der Waals surface area (Å²) >= 11 is 0. The molecule has 3 aromatic rings. The Bertz CT molecular complexity index is 1110. The van der Waals surface area contributed by atoms with Gasteiger partial charge in [-0.2, -0.15) is 0 Å². The van der Waals surface area contributed by atoms with Crippen molar-refractivity contribution >= 4 is 54.6 Å². The van der Waals surface area contributed by atoms with E-state index >= 15 is 0 Å². The monoisotopic (exact) mass is 644 g/mol. The predicted molar refractivity (Wildman–Crippen MR) is 185 cm³/mol. The predicted octanol–water partition coefficient (Wildman–Crippen LogP) is 0.982. The number of hydrogen-bond donors (Lipinski definition) is 0. The van der Waals surface area contributed by atoms with E-state index in [0.717, 1.165) is 71.9 Å². The van der Waals surface area contributed by atoms with Gasteiger partial charge in [-0.1, -0.05) is 54.5 Å². The van der Waals surface area contributed by atoms with Crippen LogP contribution in [0.2, 0.25) is 18.1 Å². The Morgan fingerprint density at radius 1 is 0.500 bits per heavy atom. The molecule has 7 nitrogen and oxygen atoms in total. The summed E-state index contributed by atoms with van der Waals surface area (Å²) in [5.74, 6) is 5.09. The Morgan fingerprint density at radius 2 is 0.810 bits per heavy atom. The SMILES string of the molecule is COc1cccc([SiH2]CCC(CC[SiH2]c2cccc(OC)c2OC)(CC[SiH2]c2cccc(OC)c2OC)O[SiH3])c1OC. The molecule has 0 atom stereocenters. The van der Waals surface area contributed by atoms with E-state index in [1.807, 2.05) is 18.2 Å². The molecule has 0 saturated heterocycles. The fourth-order valence-corrected chi connectivity index (χ4v) is 12.7. The molecule has 0 radical (unpaired) electrons. The van der Waals surface area contributed by atoms with Gasteiger partial charge in [-0.25, -0.2) is 0 Å². The van der Waals surface area contributed by atoms with Gasteiger partial charge in [-0.15, -0.1) is 0 Å². The lowest BCUT2D eigenvalue weighted by Crippen LogP contribution is -2.35. The molecule has 42 heavy (non-hydrogen) atoms. The summed E-state index contributed by atoms with van der Waals surface area (Å²) in [7, 11) is 9.28. The highest BCUT2D eigenvalue weighted by atomic mass is 28.2. The Morgan fingerprint density at radius 3 is 1.05 bits per heavy atom. The molecule has 0 unspecified atom stereocenters. The van der Waals surface area contributed by atoms with Crippen molar-refractivity contribution in [3.05, 3.63) is 54.6 Å². The maximum Gasteiger partial charge on any atom is 0.160 e. The van der Waals surface area contributed by atoms with Crippen LogP contribution in [0, 0.1) is 0 Å². The molecule has 3 aromatic carbocycles. The molecule has 0 fully saturated rings. The van der Waals surface area contributed by atoms with E-state index in [1.165, 1.54) is 15.6 Å². The number of methoxy groups -OCH3 is 6. The van der Waals surface area contributed by atoms with Crippen LogP contribution in [0.25, 0.3) is 0 Å². The van der Waals surface area contributed by atoms with Crippen LogP contribution in [-0.2, 0) is 4.43 Å². The quantitative estimate of drug-likeness (QED) is 0.181. The number of ether oxygens (including phenoxy) is 6. The summed E-state index contributed by atoms with van der Waals surface area (Å²) in [4.78, 5) is 0. The smallest absolute Gasteiger partial charge is 0.160 e. The first-order valence-corrected chi connectivity index (χ1v) is 20.6. The van der Waals surface area contributed by atoms with Crippen LogP contribution in [0.1, 0.15) is 19.3 Å². The second kappa shape index (κ2) is 17.4. The number of para-hydroxylation sites is 3. The molecule has 230 valence electrons. The molecule has 0 heterocycles. The molecule has 0 bridgehead atoms. The lowest BCUT2D eigenvalue weighted by Gasteiger charge is -2.34. The van der Waals surface area contributed by atoms with E-state index in [1.54, 1.807) is 42.7 Å². The van der Waals surface area contributed by atoms with Crippen LogP contribution in [0.3, 0.4) is 0 Å². The van der Waals surface area contributed by atoms with Gasteiger partial charge in [-0.3, -0.25) is 0 Å². The highest BCUT2D eigenvalue weighted by Crippen LogP contribution is 2.32. The molecule has 0 spiro atoms. The molecule has 3 rings (SSSR count). The minimum absolute atomic E-state index is 0.108. The number of hydrogen-bond acceptors (Lipinski definition) is 7. The van der Waals surface area contributed by atoms with Crippen molar-refractivity contribution in [1.82, 2.24) is 0 Å². The van der Waals surface area contributed by atoms with Gasteiger partial charge in [0.1, 0.15) is 10.5 Å². The highest BCUT2D eigenvalue weighted by molar-refractivity contribution is 6.55. The summed E-state index contributed by atoms with van der Waals surface area (Å²) in [6.07, 6.45) is 3.20. The maximum absolute atomic E-state index is 6.59. The zero-order chi connectivity index (χ0) is 30.4. The first-order chi connectivity index (χ1) is 20.5. The molecule has 0 saturated carbocycles. The van der Waals surface area contributed by atoms with Crippen LogP contribution < -0.4 is 44.0 Å². The van der Waals surface area contributed by atoms with E-state index in [0.29, 0.717) is 10.5 Å². The van der Waals surface area contributed by atoms with E-state index in [9.17, 15) is 0 Å². The lowest BCUT2D eigenvalue weighted by atomic mass is 9.94. The number of benzene rings is 3. The maximum atomic E-state index is 6.59. The third kappa shape index (κ3) is 8.66. The van der Waals surface area contributed by atoms with Crippen molar-refractivity contribution < 1.29 is 32.8 Å². The molecule has 0 N–H and O–H groups in total. The third-order valence-corrected chi connectivity index (χ3v) is 14.4. The standard InChI is InChI=1S/C31H48O7Si4/c1-32-22-10-7-13-25(28(22)35-4)40-19-16-31(38-39,17-20-41-26-14-8-11-23(33-2)29(26)36-5)18-21-42-27-15-9-12-24(34-3)30(27)37-6/h7-15H,16-21,40-42H2,1-6,39H3. The van der Waals surface area contributed by atoms with Gasteiger partial charge in [0.2, 0.25) is 0 Å². The van der Waals surface area contributed by atoms with Gasteiger partial charge in [-0.05, 0) is 53.0 Å². The first kappa shape index (κ1) is 33.8. The summed E-state index contributed by atoms with van der Waals surface area (Å²) in [5.41, 5.74) is -0.108. The molecular formula is C31H48O7Si4. The largest absolute Gasteiger partial charge is 0.493 e. The van der Waals surface area contributed by atoms with E-state index < -0.39 is 28.6 Å². The van der Waals surface area contributed by atoms with Gasteiger partial charge in [0.25, 0.3) is 0 Å². The van der Waals surface area contributed by atoms with Crippen LogP contribution in [0.5, 0.6) is 34.5 Å². The molecule has 0 aliphatic carbocycles. The van der Waals surface area contributed by atoms with E-state index in [2.05, 4.69) is 36.4 Å². The van der Waals surface area contributed by atoms with Crippen LogP contribution in [0.4, 0.5) is 0 Å². The van der Waals surface area contributed by atoms with Crippen LogP contribution >= 0.6 is 0 Å². The Hall–Kier alpha value is -2.71. The molecule has 0 amide bonds. The summed E-state index contributed by atoms with van der Waals surface area (Å²) in [5, 5.41) is 3.93. The molecule has 0 aliphatic rings. The minimum Gasteiger partial charge on any atom is -0.493 e. The van der Waals surface area contributed by atoms with Gasteiger partial charge < -0.3 is 32.8 Å². The average Bonchev–Trinajstić information content (AvgIpc) is 3.03. The van der Waals surface area contributed by atoms with Gasteiger partial charge >= 0.3 is 0 Å². The van der Waals surface area contributed by atoms with Crippen molar-refractivity contribution in [3.8, 4) is 34.5 Å². The summed E-state index contributed by atoms with van der Waals surface area (Å²) in [6.45, 7) is 0. The van der Waals surface area contributed by atoms with Crippen LogP contribution in [0.15, 0.2) is 54.6 Å². The summed E-state index contributed by atoms with van der Waals surface area (Å²) in [6, 6.07) is 22.2. The lowest BCUT2D eigenvalue weighted by molar-refractivity contribution is 0.0670. The Labute approximate surface area is 261 Å². The highest BCUT2D eigenvalue weighted by Gasteiger charge is 2.29. The molecule has 0 aromatic heterocycles. The van der Waals surface area contributed by atoms with Gasteiger partial charge in [0.05, 0.1) is 76.8 Å². The van der Waals surface area contributed by atoms with Crippen molar-refractivity contribution in [1.29, 1.82) is 0 Å². The second-order valence-corrected chi connectivity index (χ2v) is 16.7. The minimum atomic E-state index is -0.577. The van der Waals surface area contributed by atoms with Crippen molar-refractivity contribution in [2.45, 2.75) is 43.0 Å². The normalized spacial score (nSPS) is 13.3.